The molecule has 0 amide bonds. The third-order valence-corrected chi connectivity index (χ3v) is 1.98. The molecule has 0 unspecified atom stereocenters. The topological polar surface area (TPSA) is 26.3 Å². The van der Waals surface area contributed by atoms with Gasteiger partial charge in [0.05, 0.1) is 6.10 Å². The number of ether oxygens (including phenoxy) is 1. The molecule has 2 nitrogen and oxygen atoms in total. The van der Waals surface area contributed by atoms with Gasteiger partial charge in [0.25, 0.3) is 0 Å². The number of hydrogen-bond acceptors (Lipinski definition) is 2. The quantitative estimate of drug-likeness (QED) is 0.596. The van der Waals surface area contributed by atoms with Crippen LogP contribution in [0.25, 0.3) is 0 Å². The molecular formula is C10H20O2. The van der Waals surface area contributed by atoms with Crippen LogP contribution in [0, 0.1) is 5.92 Å². The molecule has 0 heterocycles. The van der Waals surface area contributed by atoms with Gasteiger partial charge in [-0.1, -0.05) is 26.7 Å². The Kier molecular flexibility index (Phi) is 5.77. The summed E-state index contributed by atoms with van der Waals surface area (Å²) in [6.45, 7) is 7.98. The maximum absolute atomic E-state index is 11.2. The molecule has 0 bridgehead atoms. The summed E-state index contributed by atoms with van der Waals surface area (Å²) < 4.78 is 5.05. The second-order valence-electron chi connectivity index (χ2n) is 3.43. The van der Waals surface area contributed by atoms with E-state index in [2.05, 4.69) is 13.8 Å². The minimum absolute atomic E-state index is 0.0202. The fraction of sp³-hybridized carbons (Fsp3) is 0.900. The first-order valence-electron chi connectivity index (χ1n) is 4.79. The molecule has 0 aromatic rings. The van der Waals surface area contributed by atoms with Gasteiger partial charge >= 0.3 is 5.97 Å². The Balaban J connectivity index is 3.66. The lowest BCUT2D eigenvalue weighted by molar-refractivity contribution is -0.148. The minimum atomic E-state index is -0.0568. The maximum Gasteiger partial charge on any atom is 0.306 e. The van der Waals surface area contributed by atoms with Crippen molar-refractivity contribution in [3.63, 3.8) is 0 Å². The molecule has 0 fully saturated rings. The summed E-state index contributed by atoms with van der Waals surface area (Å²) in [7, 11) is 0. The van der Waals surface area contributed by atoms with Gasteiger partial charge in [-0.15, -0.1) is 0 Å². The second-order valence-corrected chi connectivity index (χ2v) is 3.43. The summed E-state index contributed by atoms with van der Waals surface area (Å²) in [4.78, 5) is 11.2. The number of carbonyl (C=O) groups excluding carboxylic acids is 1. The third-order valence-electron chi connectivity index (χ3n) is 1.98. The molecule has 0 aliphatic rings. The van der Waals surface area contributed by atoms with Gasteiger partial charge < -0.3 is 4.74 Å². The predicted octanol–water partition coefficient (Wildman–Crippen LogP) is 2.76. The first kappa shape index (κ1) is 11.5. The van der Waals surface area contributed by atoms with Crippen LogP contribution in [-0.4, -0.2) is 12.1 Å². The van der Waals surface area contributed by atoms with Crippen molar-refractivity contribution < 1.29 is 9.53 Å². The Morgan fingerprint density at radius 1 is 1.25 bits per heavy atom. The SMILES string of the molecule is CCC(CC)CC(=O)OC(C)C. The van der Waals surface area contributed by atoms with E-state index in [1.54, 1.807) is 0 Å². The summed E-state index contributed by atoms with van der Waals surface area (Å²) in [5.74, 6) is 0.440. The van der Waals surface area contributed by atoms with Gasteiger partial charge in [0.1, 0.15) is 0 Å². The lowest BCUT2D eigenvalue weighted by Crippen LogP contribution is -2.14. The molecule has 72 valence electrons. The van der Waals surface area contributed by atoms with Crippen LogP contribution in [0.2, 0.25) is 0 Å². The van der Waals surface area contributed by atoms with Crippen molar-refractivity contribution in [2.75, 3.05) is 0 Å². The summed E-state index contributed by atoms with van der Waals surface area (Å²) >= 11 is 0. The second kappa shape index (κ2) is 6.04. The number of esters is 1. The molecule has 0 aromatic carbocycles. The minimum Gasteiger partial charge on any atom is -0.463 e. The molecule has 0 saturated carbocycles. The van der Waals surface area contributed by atoms with Crippen LogP contribution in [0.15, 0.2) is 0 Å². The van der Waals surface area contributed by atoms with Crippen LogP contribution in [-0.2, 0) is 9.53 Å². The standard InChI is InChI=1S/C10H20O2/c1-5-9(6-2)7-10(11)12-8(3)4/h8-9H,5-7H2,1-4H3. The number of carbonyl (C=O) groups is 1. The molecule has 2 heteroatoms. The lowest BCUT2D eigenvalue weighted by Gasteiger charge is -2.12. The van der Waals surface area contributed by atoms with Gasteiger partial charge in [-0.25, -0.2) is 0 Å². The summed E-state index contributed by atoms with van der Waals surface area (Å²) in [6.07, 6.45) is 2.71. The lowest BCUT2D eigenvalue weighted by atomic mass is 10.00. The van der Waals surface area contributed by atoms with E-state index in [9.17, 15) is 4.79 Å². The summed E-state index contributed by atoms with van der Waals surface area (Å²) in [5.41, 5.74) is 0. The average molecular weight is 172 g/mol. The monoisotopic (exact) mass is 172 g/mol. The van der Waals surface area contributed by atoms with Crippen molar-refractivity contribution >= 4 is 5.97 Å². The van der Waals surface area contributed by atoms with Crippen LogP contribution in [0.4, 0.5) is 0 Å². The van der Waals surface area contributed by atoms with Gasteiger partial charge in [0.2, 0.25) is 0 Å². The zero-order valence-electron chi connectivity index (χ0n) is 8.59. The Labute approximate surface area is 75.3 Å². The summed E-state index contributed by atoms with van der Waals surface area (Å²) in [6, 6.07) is 0. The Bertz CT molecular complexity index is 126. The molecule has 0 atom stereocenters. The first-order valence-corrected chi connectivity index (χ1v) is 4.79. The van der Waals surface area contributed by atoms with Crippen molar-refractivity contribution in [2.45, 2.75) is 53.1 Å². The molecule has 0 rings (SSSR count). The van der Waals surface area contributed by atoms with Crippen LogP contribution < -0.4 is 0 Å². The first-order chi connectivity index (χ1) is 5.60. The molecule has 0 saturated heterocycles. The van der Waals surface area contributed by atoms with Crippen LogP contribution in [0.5, 0.6) is 0 Å². The van der Waals surface area contributed by atoms with Crippen molar-refractivity contribution in [1.29, 1.82) is 0 Å². The highest BCUT2D eigenvalue weighted by molar-refractivity contribution is 5.69. The van der Waals surface area contributed by atoms with Gasteiger partial charge in [-0.05, 0) is 19.8 Å². The molecule has 0 radical (unpaired) electrons. The van der Waals surface area contributed by atoms with E-state index in [1.165, 1.54) is 0 Å². The molecule has 0 aromatic heterocycles. The summed E-state index contributed by atoms with van der Waals surface area (Å²) in [5, 5.41) is 0. The Morgan fingerprint density at radius 2 is 1.75 bits per heavy atom. The van der Waals surface area contributed by atoms with E-state index >= 15 is 0 Å². The predicted molar refractivity (Wildman–Crippen MR) is 49.9 cm³/mol. The smallest absolute Gasteiger partial charge is 0.306 e. The van der Waals surface area contributed by atoms with E-state index in [4.69, 9.17) is 4.74 Å². The Hall–Kier alpha value is -0.530. The van der Waals surface area contributed by atoms with Crippen LogP contribution in [0.1, 0.15) is 47.0 Å². The highest BCUT2D eigenvalue weighted by atomic mass is 16.5. The fourth-order valence-corrected chi connectivity index (χ4v) is 1.12. The van der Waals surface area contributed by atoms with Crippen LogP contribution >= 0.6 is 0 Å². The highest BCUT2D eigenvalue weighted by Crippen LogP contribution is 2.13. The molecule has 0 spiro atoms. The normalized spacial score (nSPS) is 10.8. The van der Waals surface area contributed by atoms with Crippen molar-refractivity contribution in [1.82, 2.24) is 0 Å². The van der Waals surface area contributed by atoms with E-state index in [1.807, 2.05) is 13.8 Å². The maximum atomic E-state index is 11.2. The van der Waals surface area contributed by atoms with Crippen molar-refractivity contribution in [3.8, 4) is 0 Å². The van der Waals surface area contributed by atoms with E-state index in [0.717, 1.165) is 12.8 Å². The molecule has 12 heavy (non-hydrogen) atoms. The third kappa shape index (κ3) is 5.16. The molecule has 0 aliphatic carbocycles. The van der Waals surface area contributed by atoms with Crippen LogP contribution in [0.3, 0.4) is 0 Å². The number of rotatable bonds is 5. The van der Waals surface area contributed by atoms with E-state index < -0.39 is 0 Å². The number of hydrogen-bond donors (Lipinski definition) is 0. The average Bonchev–Trinajstić information content (AvgIpc) is 1.98. The van der Waals surface area contributed by atoms with Gasteiger partial charge in [-0.3, -0.25) is 4.79 Å². The van der Waals surface area contributed by atoms with E-state index in [-0.39, 0.29) is 12.1 Å². The van der Waals surface area contributed by atoms with E-state index in [0.29, 0.717) is 12.3 Å². The fourth-order valence-electron chi connectivity index (χ4n) is 1.12. The molecule has 0 aliphatic heterocycles. The molecule has 0 N–H and O–H groups in total. The highest BCUT2D eigenvalue weighted by Gasteiger charge is 2.11. The van der Waals surface area contributed by atoms with Gasteiger partial charge in [-0.2, -0.15) is 0 Å². The Morgan fingerprint density at radius 3 is 2.08 bits per heavy atom. The molecular weight excluding hydrogens is 152 g/mol. The van der Waals surface area contributed by atoms with Gasteiger partial charge in [0.15, 0.2) is 0 Å². The van der Waals surface area contributed by atoms with Crippen molar-refractivity contribution in [2.24, 2.45) is 5.92 Å². The zero-order valence-corrected chi connectivity index (χ0v) is 8.59. The largest absolute Gasteiger partial charge is 0.463 e. The van der Waals surface area contributed by atoms with Crippen molar-refractivity contribution in [3.05, 3.63) is 0 Å². The zero-order chi connectivity index (χ0) is 9.56. The van der Waals surface area contributed by atoms with Gasteiger partial charge in [0, 0.05) is 6.42 Å².